The fourth-order valence-electron chi connectivity index (χ4n) is 11.1. The van der Waals surface area contributed by atoms with E-state index in [0.29, 0.717) is 126 Å². The summed E-state index contributed by atoms with van der Waals surface area (Å²) in [6.45, 7) is 15.2. The molecule has 1 unspecified atom stereocenters. The number of ether oxygens (including phenoxy) is 9. The van der Waals surface area contributed by atoms with Crippen molar-refractivity contribution in [3.05, 3.63) is 95.3 Å². The van der Waals surface area contributed by atoms with E-state index in [1.807, 2.05) is 52.0 Å². The molecule has 0 aromatic heterocycles. The van der Waals surface area contributed by atoms with Crippen molar-refractivity contribution in [1.82, 2.24) is 5.06 Å². The number of anilines is 1. The van der Waals surface area contributed by atoms with Crippen LogP contribution in [-0.2, 0) is 92.9 Å². The maximum atomic E-state index is 13.0. The number of carbonyl (C=O) groups excluding carboxylic acids is 3. The minimum atomic E-state index is -4.97. The van der Waals surface area contributed by atoms with E-state index >= 15 is 0 Å². The number of hydroxylamine groups is 2. The average molecular weight is 1380 g/mol. The van der Waals surface area contributed by atoms with Crippen molar-refractivity contribution in [3.8, 4) is 5.75 Å². The first-order valence-corrected chi connectivity index (χ1v) is 34.9. The SMILES string of the molecule is COCCOCCOCCOCCC1(CCOCCOCCOCCOC)C=C(C)c2cc3c(cc2N1CCCS(=O)(=O)[O-])OC(C(C)(C)C)=CC3=CC=CC=CC1=[N+](CCCS(=O)(=O)[O-])c2ccc(S(=O)(=O)[O-])cc2C1(C)CCCC(=O)ON1C(=O)CCC1=O.[Na+].[Na+]. The van der Waals surface area contributed by atoms with E-state index in [1.54, 1.807) is 50.0 Å². The summed E-state index contributed by atoms with van der Waals surface area (Å²) in [7, 11) is -11.0. The van der Waals surface area contributed by atoms with Gasteiger partial charge in [-0.1, -0.05) is 51.2 Å². The standard InChI is InChI=1S/C63H89N3O22S3.2Na/c1-47-46-63(22-26-81-32-34-85-38-36-83-30-28-79-6,23-27-82-33-35-86-39-37-84-31-29-80-7)65(25-13-41-90(73,74)75)54-45-55-51(44-50(47)54)48(42-57(87-55)61(2,3)4)14-9-8-10-15-56-62(5,21-11-16-60(69)88-66-58(67)19-20-59(66)68)52-43-49(91(76,77)78)17-18-53(52)64(56)24-12-40-89(70,71)72;;/h8-10,14-15,17-18,42-46H,11-13,16,19-41H2,1-7H3,(H2-,70,71,72,73,74,75,76,77,78);;/q;2*+1/p-2. The second kappa shape index (κ2) is 38.5. The Bertz CT molecular complexity index is 3360. The Morgan fingerprint density at radius 2 is 1.23 bits per heavy atom. The van der Waals surface area contributed by atoms with Crippen LogP contribution in [0.3, 0.4) is 0 Å². The van der Waals surface area contributed by atoms with Gasteiger partial charge in [0.1, 0.15) is 28.2 Å². The van der Waals surface area contributed by atoms with Gasteiger partial charge in [0.25, 0.3) is 11.8 Å². The molecular formula is C63H87N3Na2O22S3. The molecule has 0 N–H and O–H groups in total. The van der Waals surface area contributed by atoms with E-state index in [2.05, 4.69) is 11.0 Å². The second-order valence-electron chi connectivity index (χ2n) is 23.5. The smallest absolute Gasteiger partial charge is 0.748 e. The van der Waals surface area contributed by atoms with Gasteiger partial charge in [0.15, 0.2) is 5.71 Å². The molecular weight excluding hydrogens is 1290 g/mol. The zero-order chi connectivity index (χ0) is 66.5. The summed E-state index contributed by atoms with van der Waals surface area (Å²) in [4.78, 5) is 44.1. The predicted molar refractivity (Wildman–Crippen MR) is 333 cm³/mol. The molecule has 0 aliphatic carbocycles. The van der Waals surface area contributed by atoms with Gasteiger partial charge in [0.05, 0.1) is 115 Å². The number of hydrogen-bond acceptors (Lipinski definition) is 23. The summed E-state index contributed by atoms with van der Waals surface area (Å²) in [6.07, 6.45) is 13.5. The van der Waals surface area contributed by atoms with E-state index in [4.69, 9.17) is 47.5 Å². The van der Waals surface area contributed by atoms with Gasteiger partial charge in [-0.2, -0.15) is 4.58 Å². The van der Waals surface area contributed by atoms with Crippen LogP contribution in [0.15, 0.2) is 83.5 Å². The number of imide groups is 1. The van der Waals surface area contributed by atoms with Gasteiger partial charge >= 0.3 is 65.1 Å². The summed E-state index contributed by atoms with van der Waals surface area (Å²) in [6, 6.07) is 7.80. The molecule has 2 amide bonds. The van der Waals surface area contributed by atoms with Crippen molar-refractivity contribution in [2.75, 3.05) is 136 Å². The van der Waals surface area contributed by atoms with Gasteiger partial charge in [0.2, 0.25) is 5.69 Å². The molecule has 0 bridgehead atoms. The average Bonchev–Trinajstić information content (AvgIpc) is 1.73. The molecule has 4 aliphatic heterocycles. The number of allylic oxidation sites excluding steroid dienone is 9. The number of hydrogen-bond donors (Lipinski definition) is 0. The maximum absolute atomic E-state index is 13.0. The molecule has 25 nitrogen and oxygen atoms in total. The summed E-state index contributed by atoms with van der Waals surface area (Å²) in [5, 5.41) is 0.445. The minimum absolute atomic E-state index is 0. The number of methoxy groups -OCH3 is 2. The molecule has 1 saturated heterocycles. The molecule has 93 heavy (non-hydrogen) atoms. The first-order chi connectivity index (χ1) is 43.1. The van der Waals surface area contributed by atoms with Gasteiger partial charge in [-0.05, 0) is 81.4 Å². The van der Waals surface area contributed by atoms with Crippen LogP contribution in [0, 0.1) is 5.41 Å². The Kier molecular flexibility index (Phi) is 33.9. The first kappa shape index (κ1) is 81.9. The van der Waals surface area contributed by atoms with Gasteiger partial charge in [-0.15, -0.1) is 5.06 Å². The number of carbonyl (C=O) groups is 3. The van der Waals surface area contributed by atoms with E-state index < -0.39 is 80.9 Å². The van der Waals surface area contributed by atoms with Crippen LogP contribution in [-0.4, -0.2) is 209 Å². The number of nitrogens with zero attached hydrogens (tertiary/aromatic N) is 3. The summed E-state index contributed by atoms with van der Waals surface area (Å²) >= 11 is 0. The largest absolute Gasteiger partial charge is 1.00 e. The minimum Gasteiger partial charge on any atom is -0.748 e. The number of rotatable bonds is 41. The summed E-state index contributed by atoms with van der Waals surface area (Å²) in [5.74, 6) is -2.31. The Balaban J connectivity index is 0.00000922. The fourth-order valence-corrected chi connectivity index (χ4v) is 12.6. The van der Waals surface area contributed by atoms with E-state index in [9.17, 15) is 53.3 Å². The maximum Gasteiger partial charge on any atom is 1.00 e. The van der Waals surface area contributed by atoms with Crippen molar-refractivity contribution in [3.63, 3.8) is 0 Å². The van der Waals surface area contributed by atoms with Crippen LogP contribution in [0.5, 0.6) is 5.75 Å². The molecule has 2 aromatic rings. The molecule has 4 heterocycles. The quantitative estimate of drug-likeness (QED) is 0.0215. The molecule has 6 rings (SSSR count). The molecule has 2 aromatic carbocycles. The Hall–Kier alpha value is -3.57. The van der Waals surface area contributed by atoms with E-state index in [0.717, 1.165) is 34.0 Å². The zero-order valence-electron chi connectivity index (χ0n) is 55.1. The second-order valence-corrected chi connectivity index (χ2v) is 27.9. The molecule has 0 spiro atoms. The van der Waals surface area contributed by atoms with Gasteiger partial charge < -0.3 is 66.0 Å². The Labute approximate surface area is 592 Å². The van der Waals surface area contributed by atoms with Crippen LogP contribution < -0.4 is 68.8 Å². The summed E-state index contributed by atoms with van der Waals surface area (Å²) in [5.41, 5.74) is 2.85. The van der Waals surface area contributed by atoms with Crippen LogP contribution >= 0.6 is 0 Å². The Morgan fingerprint density at radius 1 is 0.688 bits per heavy atom. The first-order valence-electron chi connectivity index (χ1n) is 30.4. The molecule has 4 aliphatic rings. The molecule has 1 fully saturated rings. The van der Waals surface area contributed by atoms with Crippen molar-refractivity contribution in [1.29, 1.82) is 0 Å². The fraction of sp³-hybridized carbons (Fsp3) is 0.587. The normalized spacial score (nSPS) is 17.8. The van der Waals surface area contributed by atoms with Crippen molar-refractivity contribution in [2.45, 2.75) is 108 Å². The summed E-state index contributed by atoms with van der Waals surface area (Å²) < 4.78 is 163. The third-order valence-electron chi connectivity index (χ3n) is 15.7. The molecule has 30 heteroatoms. The van der Waals surface area contributed by atoms with Gasteiger partial charge in [-0.25, -0.2) is 30.0 Å². The van der Waals surface area contributed by atoms with Crippen molar-refractivity contribution >= 4 is 76.4 Å². The van der Waals surface area contributed by atoms with Crippen LogP contribution in [0.2, 0.25) is 0 Å². The van der Waals surface area contributed by atoms with Crippen molar-refractivity contribution < 1.29 is 164 Å². The topological polar surface area (TPSA) is 325 Å². The molecule has 0 radical (unpaired) electrons. The predicted octanol–water partition coefficient (Wildman–Crippen LogP) is 0.256. The van der Waals surface area contributed by atoms with Crippen LogP contribution in [0.1, 0.15) is 109 Å². The number of benzene rings is 2. The van der Waals surface area contributed by atoms with Gasteiger partial charge in [-0.3, -0.25) is 9.59 Å². The van der Waals surface area contributed by atoms with Crippen LogP contribution in [0.25, 0.3) is 11.1 Å². The number of fused-ring (bicyclic) bond motifs is 3. The van der Waals surface area contributed by atoms with Gasteiger partial charge in [0, 0.05) is 117 Å². The monoisotopic (exact) mass is 1380 g/mol. The van der Waals surface area contributed by atoms with E-state index in [1.165, 1.54) is 12.1 Å². The molecule has 1 atom stereocenters. The van der Waals surface area contributed by atoms with E-state index in [-0.39, 0.29) is 130 Å². The van der Waals surface area contributed by atoms with Crippen LogP contribution in [0.4, 0.5) is 11.4 Å². The zero-order valence-corrected chi connectivity index (χ0v) is 61.5. The third kappa shape index (κ3) is 25.0. The number of amides is 2. The Morgan fingerprint density at radius 3 is 1.75 bits per heavy atom. The van der Waals surface area contributed by atoms with Crippen molar-refractivity contribution in [2.24, 2.45) is 5.41 Å². The molecule has 506 valence electrons. The third-order valence-corrected chi connectivity index (χ3v) is 18.1. The molecule has 0 saturated carbocycles.